The minimum atomic E-state index is -0.490. The first-order chi connectivity index (χ1) is 9.58. The molecule has 0 saturated heterocycles. The van der Waals surface area contributed by atoms with Crippen molar-refractivity contribution in [2.24, 2.45) is 0 Å². The molecule has 0 amide bonds. The molecule has 0 fully saturated rings. The Balaban J connectivity index is 2.00. The maximum Gasteiger partial charge on any atom is 0.269 e. The Morgan fingerprint density at radius 1 is 1.15 bits per heavy atom. The Bertz CT molecular complexity index is 640. The number of hydrogen-bond donors (Lipinski definition) is 0. The minimum absolute atomic E-state index is 0.0190. The largest absolute Gasteiger partial charge is 0.485 e. The number of nitrogens with zero attached hydrogens (tertiary/aromatic N) is 1. The van der Waals surface area contributed by atoms with E-state index >= 15 is 0 Å². The zero-order chi connectivity index (χ0) is 14.5. The van der Waals surface area contributed by atoms with Gasteiger partial charge in [-0.05, 0) is 18.2 Å². The van der Waals surface area contributed by atoms with Crippen LogP contribution < -0.4 is 4.74 Å². The van der Waals surface area contributed by atoms with Crippen LogP contribution in [0.5, 0.6) is 5.75 Å². The number of non-ortho nitro benzene ring substituents is 1. The fourth-order valence-corrected chi connectivity index (χ4v) is 2.08. The number of halogens is 1. The number of carbonyl (C=O) groups excluding carboxylic acids is 1. The van der Waals surface area contributed by atoms with Crippen molar-refractivity contribution < 1.29 is 14.5 Å². The van der Waals surface area contributed by atoms with Crippen molar-refractivity contribution in [2.45, 2.75) is 0 Å². The standard InChI is InChI=1S/C14H10BrNO4/c15-13-4-2-1-3-12(13)14(17)9-20-11-7-5-10(6-8-11)16(18)19/h1-8H,9H2. The van der Waals surface area contributed by atoms with Gasteiger partial charge in [-0.25, -0.2) is 0 Å². The van der Waals surface area contributed by atoms with Crippen molar-refractivity contribution >= 4 is 27.4 Å². The van der Waals surface area contributed by atoms with Crippen LogP contribution in [0.2, 0.25) is 0 Å². The van der Waals surface area contributed by atoms with Crippen LogP contribution in [-0.2, 0) is 0 Å². The van der Waals surface area contributed by atoms with Crippen molar-refractivity contribution in [3.63, 3.8) is 0 Å². The lowest BCUT2D eigenvalue weighted by molar-refractivity contribution is -0.384. The van der Waals surface area contributed by atoms with Gasteiger partial charge < -0.3 is 4.74 Å². The molecule has 0 N–H and O–H groups in total. The average molecular weight is 336 g/mol. The Kier molecular flexibility index (Phi) is 4.47. The van der Waals surface area contributed by atoms with E-state index in [-0.39, 0.29) is 18.1 Å². The van der Waals surface area contributed by atoms with Gasteiger partial charge >= 0.3 is 0 Å². The highest BCUT2D eigenvalue weighted by Crippen LogP contribution is 2.19. The van der Waals surface area contributed by atoms with E-state index in [2.05, 4.69) is 15.9 Å². The summed E-state index contributed by atoms with van der Waals surface area (Å²) in [5.41, 5.74) is 0.517. The molecule has 0 bridgehead atoms. The fraction of sp³-hybridized carbons (Fsp3) is 0.0714. The number of benzene rings is 2. The molecule has 20 heavy (non-hydrogen) atoms. The van der Waals surface area contributed by atoms with E-state index in [1.54, 1.807) is 18.2 Å². The van der Waals surface area contributed by atoms with E-state index in [9.17, 15) is 14.9 Å². The van der Waals surface area contributed by atoms with Gasteiger partial charge in [-0.15, -0.1) is 0 Å². The molecule has 5 nitrogen and oxygen atoms in total. The van der Waals surface area contributed by atoms with Crippen molar-refractivity contribution in [1.29, 1.82) is 0 Å². The molecular weight excluding hydrogens is 326 g/mol. The molecule has 0 aliphatic rings. The maximum absolute atomic E-state index is 12.0. The summed E-state index contributed by atoms with van der Waals surface area (Å²) >= 11 is 3.30. The first-order valence-corrected chi connectivity index (χ1v) is 6.52. The van der Waals surface area contributed by atoms with Gasteiger partial charge in [0.25, 0.3) is 5.69 Å². The fourth-order valence-electron chi connectivity index (χ4n) is 1.58. The second-order valence-electron chi connectivity index (χ2n) is 3.94. The van der Waals surface area contributed by atoms with Crippen LogP contribution >= 0.6 is 15.9 Å². The normalized spacial score (nSPS) is 10.1. The molecule has 0 radical (unpaired) electrons. The molecule has 0 heterocycles. The number of carbonyl (C=O) groups is 1. The molecule has 2 aromatic rings. The van der Waals surface area contributed by atoms with Crippen molar-refractivity contribution in [1.82, 2.24) is 0 Å². The van der Waals surface area contributed by atoms with E-state index in [4.69, 9.17) is 4.74 Å². The zero-order valence-electron chi connectivity index (χ0n) is 10.3. The summed E-state index contributed by atoms with van der Waals surface area (Å²) in [5.74, 6) is 0.242. The molecule has 0 atom stereocenters. The Labute approximate surface area is 123 Å². The van der Waals surface area contributed by atoms with Crippen LogP contribution in [0.1, 0.15) is 10.4 Å². The lowest BCUT2D eigenvalue weighted by atomic mass is 10.1. The smallest absolute Gasteiger partial charge is 0.269 e. The highest BCUT2D eigenvalue weighted by molar-refractivity contribution is 9.10. The summed E-state index contributed by atoms with van der Waals surface area (Å²) in [6, 6.07) is 12.7. The number of nitro groups is 1. The van der Waals surface area contributed by atoms with Crippen LogP contribution in [0.15, 0.2) is 53.0 Å². The van der Waals surface area contributed by atoms with Crippen molar-refractivity contribution in [2.75, 3.05) is 6.61 Å². The molecule has 0 saturated carbocycles. The molecule has 102 valence electrons. The van der Waals surface area contributed by atoms with Crippen molar-refractivity contribution in [3.8, 4) is 5.75 Å². The van der Waals surface area contributed by atoms with Gasteiger partial charge in [-0.3, -0.25) is 14.9 Å². The van der Waals surface area contributed by atoms with Crippen LogP contribution in [0.3, 0.4) is 0 Å². The highest BCUT2D eigenvalue weighted by atomic mass is 79.9. The second kappa shape index (κ2) is 6.29. The van der Waals surface area contributed by atoms with Gasteiger partial charge in [0, 0.05) is 22.2 Å². The lowest BCUT2D eigenvalue weighted by Crippen LogP contribution is -2.12. The van der Waals surface area contributed by atoms with Gasteiger partial charge in [-0.2, -0.15) is 0 Å². The molecule has 0 spiro atoms. The van der Waals surface area contributed by atoms with Crippen LogP contribution in [-0.4, -0.2) is 17.3 Å². The highest BCUT2D eigenvalue weighted by Gasteiger charge is 2.11. The molecule has 0 unspecified atom stereocenters. The predicted molar refractivity (Wildman–Crippen MR) is 77.1 cm³/mol. The Morgan fingerprint density at radius 2 is 1.80 bits per heavy atom. The first-order valence-electron chi connectivity index (χ1n) is 5.73. The monoisotopic (exact) mass is 335 g/mol. The average Bonchev–Trinajstić information content (AvgIpc) is 2.45. The van der Waals surface area contributed by atoms with Gasteiger partial charge in [0.2, 0.25) is 5.78 Å². The number of ether oxygens (including phenoxy) is 1. The first kappa shape index (κ1) is 14.2. The number of hydrogen-bond acceptors (Lipinski definition) is 4. The second-order valence-corrected chi connectivity index (χ2v) is 4.80. The van der Waals surface area contributed by atoms with Crippen molar-refractivity contribution in [3.05, 3.63) is 68.7 Å². The van der Waals surface area contributed by atoms with E-state index in [1.807, 2.05) is 6.07 Å². The minimum Gasteiger partial charge on any atom is -0.485 e. The third-order valence-electron chi connectivity index (χ3n) is 2.59. The number of rotatable bonds is 5. The van der Waals surface area contributed by atoms with E-state index < -0.39 is 4.92 Å². The number of nitro benzene ring substituents is 1. The topological polar surface area (TPSA) is 69.4 Å². The maximum atomic E-state index is 12.0. The SMILES string of the molecule is O=C(COc1ccc([N+](=O)[O-])cc1)c1ccccc1Br. The van der Waals surface area contributed by atoms with E-state index in [1.165, 1.54) is 24.3 Å². The van der Waals surface area contributed by atoms with E-state index in [0.29, 0.717) is 15.8 Å². The van der Waals surface area contributed by atoms with Gasteiger partial charge in [-0.1, -0.05) is 34.1 Å². The summed E-state index contributed by atoms with van der Waals surface area (Å²) in [4.78, 5) is 22.0. The van der Waals surface area contributed by atoms with Crippen LogP contribution in [0.4, 0.5) is 5.69 Å². The number of Topliss-reactive ketones (excluding diaryl/α,β-unsaturated/α-hetero) is 1. The zero-order valence-corrected chi connectivity index (χ0v) is 11.9. The molecule has 6 heteroatoms. The lowest BCUT2D eigenvalue weighted by Gasteiger charge is -2.06. The molecule has 0 aliphatic carbocycles. The molecular formula is C14H10BrNO4. The van der Waals surface area contributed by atoms with Crippen LogP contribution in [0.25, 0.3) is 0 Å². The van der Waals surface area contributed by atoms with Gasteiger partial charge in [0.15, 0.2) is 6.61 Å². The van der Waals surface area contributed by atoms with E-state index in [0.717, 1.165) is 0 Å². The Hall–Kier alpha value is -2.21. The molecule has 0 aromatic heterocycles. The summed E-state index contributed by atoms with van der Waals surface area (Å²) in [6.45, 7) is -0.125. The third kappa shape index (κ3) is 3.42. The predicted octanol–water partition coefficient (Wildman–Crippen LogP) is 3.62. The Morgan fingerprint density at radius 3 is 2.40 bits per heavy atom. The summed E-state index contributed by atoms with van der Waals surface area (Å²) < 4.78 is 6.02. The van der Waals surface area contributed by atoms with Gasteiger partial charge in [0.1, 0.15) is 5.75 Å². The third-order valence-corrected chi connectivity index (χ3v) is 3.28. The number of ketones is 1. The summed E-state index contributed by atoms with van der Waals surface area (Å²) in [7, 11) is 0. The molecule has 2 rings (SSSR count). The summed E-state index contributed by atoms with van der Waals surface area (Å²) in [6.07, 6.45) is 0. The van der Waals surface area contributed by atoms with Gasteiger partial charge in [0.05, 0.1) is 4.92 Å². The quantitative estimate of drug-likeness (QED) is 0.475. The molecule has 0 aliphatic heterocycles. The molecule has 2 aromatic carbocycles. The summed E-state index contributed by atoms with van der Waals surface area (Å²) in [5, 5.41) is 10.5. The van der Waals surface area contributed by atoms with Crippen LogP contribution in [0, 0.1) is 10.1 Å².